The highest BCUT2D eigenvalue weighted by Gasteiger charge is 2.21. The van der Waals surface area contributed by atoms with Crippen molar-refractivity contribution in [1.82, 2.24) is 9.97 Å². The van der Waals surface area contributed by atoms with Gasteiger partial charge in [0.25, 0.3) is 0 Å². The molecule has 0 radical (unpaired) electrons. The zero-order valence-corrected chi connectivity index (χ0v) is 13.4. The van der Waals surface area contributed by atoms with Crippen molar-refractivity contribution < 1.29 is 0 Å². The van der Waals surface area contributed by atoms with Crippen LogP contribution < -0.4 is 5.32 Å². The third kappa shape index (κ3) is 2.30. The standard InChI is InChI=1S/C16H23N3S/c1-4-10(3)14-18-15(17-5-2)13-11-8-6-7-9-12(11)20-16(13)19-14/h10H,4-9H2,1-3H3,(H,17,18,19). The minimum Gasteiger partial charge on any atom is -0.370 e. The van der Waals surface area contributed by atoms with Gasteiger partial charge in [-0.15, -0.1) is 11.3 Å². The van der Waals surface area contributed by atoms with Crippen LogP contribution in [0, 0.1) is 0 Å². The van der Waals surface area contributed by atoms with Crippen LogP contribution in [0.4, 0.5) is 5.82 Å². The van der Waals surface area contributed by atoms with Crippen molar-refractivity contribution in [2.45, 2.75) is 58.8 Å². The van der Waals surface area contributed by atoms with E-state index in [0.717, 1.165) is 24.6 Å². The molecule has 2 heterocycles. The quantitative estimate of drug-likeness (QED) is 0.899. The van der Waals surface area contributed by atoms with E-state index in [1.807, 2.05) is 11.3 Å². The molecule has 108 valence electrons. The molecule has 1 N–H and O–H groups in total. The smallest absolute Gasteiger partial charge is 0.138 e. The molecule has 0 aromatic carbocycles. The third-order valence-electron chi connectivity index (χ3n) is 4.23. The molecule has 0 bridgehead atoms. The first-order valence-electron chi connectivity index (χ1n) is 7.80. The van der Waals surface area contributed by atoms with Gasteiger partial charge < -0.3 is 5.32 Å². The molecule has 0 saturated heterocycles. The van der Waals surface area contributed by atoms with Gasteiger partial charge in [-0.2, -0.15) is 0 Å². The van der Waals surface area contributed by atoms with Crippen molar-refractivity contribution in [3.63, 3.8) is 0 Å². The van der Waals surface area contributed by atoms with Crippen molar-refractivity contribution in [3.05, 3.63) is 16.3 Å². The number of fused-ring (bicyclic) bond motifs is 3. The molecule has 0 aliphatic heterocycles. The zero-order chi connectivity index (χ0) is 14.1. The second-order valence-corrected chi connectivity index (χ2v) is 6.74. The van der Waals surface area contributed by atoms with Gasteiger partial charge in [-0.3, -0.25) is 0 Å². The van der Waals surface area contributed by atoms with E-state index in [9.17, 15) is 0 Å². The summed E-state index contributed by atoms with van der Waals surface area (Å²) in [5, 5.41) is 4.77. The highest BCUT2D eigenvalue weighted by atomic mass is 32.1. The SMILES string of the molecule is CCNc1nc(C(C)CC)nc2sc3c(c12)CCCC3. The number of anilines is 1. The monoisotopic (exact) mass is 289 g/mol. The van der Waals surface area contributed by atoms with Gasteiger partial charge in [-0.05, 0) is 44.6 Å². The maximum Gasteiger partial charge on any atom is 0.138 e. The minimum atomic E-state index is 0.427. The highest BCUT2D eigenvalue weighted by molar-refractivity contribution is 7.19. The van der Waals surface area contributed by atoms with E-state index in [1.165, 1.54) is 41.5 Å². The molecule has 0 amide bonds. The normalized spacial score (nSPS) is 16.1. The first kappa shape index (κ1) is 13.8. The van der Waals surface area contributed by atoms with E-state index in [0.29, 0.717) is 5.92 Å². The predicted molar refractivity (Wildman–Crippen MR) is 86.9 cm³/mol. The summed E-state index contributed by atoms with van der Waals surface area (Å²) in [6.45, 7) is 7.46. The summed E-state index contributed by atoms with van der Waals surface area (Å²) in [7, 11) is 0. The van der Waals surface area contributed by atoms with Gasteiger partial charge in [0.05, 0.1) is 5.39 Å². The Bertz CT molecular complexity index is 618. The van der Waals surface area contributed by atoms with E-state index in [-0.39, 0.29) is 0 Å². The Kier molecular flexibility index (Phi) is 3.92. The maximum absolute atomic E-state index is 4.86. The molecule has 1 aliphatic carbocycles. The van der Waals surface area contributed by atoms with Crippen molar-refractivity contribution in [2.75, 3.05) is 11.9 Å². The molecular formula is C16H23N3S. The van der Waals surface area contributed by atoms with Crippen LogP contribution >= 0.6 is 11.3 Å². The molecular weight excluding hydrogens is 266 g/mol. The lowest BCUT2D eigenvalue weighted by Crippen LogP contribution is -2.07. The van der Waals surface area contributed by atoms with Crippen molar-refractivity contribution >= 4 is 27.4 Å². The summed E-state index contributed by atoms with van der Waals surface area (Å²) in [6, 6.07) is 0. The van der Waals surface area contributed by atoms with Crippen LogP contribution in [0.3, 0.4) is 0 Å². The Morgan fingerprint density at radius 1 is 1.20 bits per heavy atom. The Morgan fingerprint density at radius 2 is 2.00 bits per heavy atom. The van der Waals surface area contributed by atoms with Crippen LogP contribution in [-0.2, 0) is 12.8 Å². The van der Waals surface area contributed by atoms with E-state index in [1.54, 1.807) is 4.88 Å². The summed E-state index contributed by atoms with van der Waals surface area (Å²) in [5.74, 6) is 2.48. The third-order valence-corrected chi connectivity index (χ3v) is 5.42. The number of hydrogen-bond donors (Lipinski definition) is 1. The second-order valence-electron chi connectivity index (χ2n) is 5.66. The molecule has 3 nitrogen and oxygen atoms in total. The number of thiophene rings is 1. The Balaban J connectivity index is 2.19. The molecule has 0 spiro atoms. The Labute approximate surface area is 124 Å². The number of nitrogens with one attached hydrogen (secondary N) is 1. The molecule has 3 rings (SSSR count). The van der Waals surface area contributed by atoms with Crippen LogP contribution in [0.1, 0.15) is 62.2 Å². The molecule has 1 atom stereocenters. The average Bonchev–Trinajstić information content (AvgIpc) is 2.85. The molecule has 2 aromatic heterocycles. The van der Waals surface area contributed by atoms with E-state index < -0.39 is 0 Å². The summed E-state index contributed by atoms with van der Waals surface area (Å²) in [6.07, 6.45) is 6.13. The van der Waals surface area contributed by atoms with Gasteiger partial charge in [-0.25, -0.2) is 9.97 Å². The lowest BCUT2D eigenvalue weighted by atomic mass is 9.97. The molecule has 0 fully saturated rings. The molecule has 1 unspecified atom stereocenters. The van der Waals surface area contributed by atoms with Crippen molar-refractivity contribution in [2.24, 2.45) is 0 Å². The van der Waals surface area contributed by atoms with E-state index >= 15 is 0 Å². The fourth-order valence-corrected chi connectivity index (χ4v) is 4.14. The van der Waals surface area contributed by atoms with Crippen molar-refractivity contribution in [3.8, 4) is 0 Å². The summed E-state index contributed by atoms with van der Waals surface area (Å²) < 4.78 is 0. The first-order valence-corrected chi connectivity index (χ1v) is 8.62. The van der Waals surface area contributed by atoms with Gasteiger partial charge in [-0.1, -0.05) is 13.8 Å². The van der Waals surface area contributed by atoms with Gasteiger partial charge in [0.15, 0.2) is 0 Å². The summed E-state index contributed by atoms with van der Waals surface area (Å²) in [5.41, 5.74) is 1.52. The van der Waals surface area contributed by atoms with Crippen LogP contribution in [0.25, 0.3) is 10.2 Å². The van der Waals surface area contributed by atoms with Crippen LogP contribution in [0.5, 0.6) is 0 Å². The lowest BCUT2D eigenvalue weighted by molar-refractivity contribution is 0.683. The van der Waals surface area contributed by atoms with Gasteiger partial charge in [0.1, 0.15) is 16.5 Å². The van der Waals surface area contributed by atoms with Gasteiger partial charge in [0.2, 0.25) is 0 Å². The van der Waals surface area contributed by atoms with Gasteiger partial charge >= 0.3 is 0 Å². The molecule has 20 heavy (non-hydrogen) atoms. The zero-order valence-electron chi connectivity index (χ0n) is 12.6. The average molecular weight is 289 g/mol. The number of hydrogen-bond acceptors (Lipinski definition) is 4. The Hall–Kier alpha value is -1.16. The predicted octanol–water partition coefficient (Wildman–Crippen LogP) is 4.52. The first-order chi connectivity index (χ1) is 9.74. The topological polar surface area (TPSA) is 37.8 Å². The fraction of sp³-hybridized carbons (Fsp3) is 0.625. The van der Waals surface area contributed by atoms with Crippen molar-refractivity contribution in [1.29, 1.82) is 0 Å². The maximum atomic E-state index is 4.86. The summed E-state index contributed by atoms with van der Waals surface area (Å²) >= 11 is 1.89. The molecule has 1 aliphatic rings. The molecule has 4 heteroatoms. The van der Waals surface area contributed by atoms with Crippen LogP contribution in [-0.4, -0.2) is 16.5 Å². The lowest BCUT2D eigenvalue weighted by Gasteiger charge is -2.14. The van der Waals surface area contributed by atoms with Crippen LogP contribution in [0.15, 0.2) is 0 Å². The Morgan fingerprint density at radius 3 is 2.75 bits per heavy atom. The number of aryl methyl sites for hydroxylation is 2. The number of nitrogens with zero attached hydrogens (tertiary/aromatic N) is 2. The van der Waals surface area contributed by atoms with E-state index in [4.69, 9.17) is 9.97 Å². The van der Waals surface area contributed by atoms with E-state index in [2.05, 4.69) is 26.1 Å². The largest absolute Gasteiger partial charge is 0.370 e. The van der Waals surface area contributed by atoms with Gasteiger partial charge in [0, 0.05) is 17.3 Å². The second kappa shape index (κ2) is 5.68. The summed E-state index contributed by atoms with van der Waals surface area (Å²) in [4.78, 5) is 12.4. The number of aromatic nitrogens is 2. The highest BCUT2D eigenvalue weighted by Crippen LogP contribution is 2.39. The molecule has 2 aromatic rings. The fourth-order valence-electron chi connectivity index (χ4n) is 2.87. The minimum absolute atomic E-state index is 0.427. The molecule has 0 saturated carbocycles. The number of rotatable bonds is 4. The van der Waals surface area contributed by atoms with Crippen LogP contribution in [0.2, 0.25) is 0 Å².